The lowest BCUT2D eigenvalue weighted by Gasteiger charge is -2.06. The Morgan fingerprint density at radius 3 is 2.75 bits per heavy atom. The fraction of sp³-hybridized carbons (Fsp3) is 0.267. The predicted octanol–water partition coefficient (Wildman–Crippen LogP) is 4.02. The average Bonchev–Trinajstić information content (AvgIpc) is 2.94. The molecule has 0 atom stereocenters. The van der Waals surface area contributed by atoms with E-state index in [1.807, 2.05) is 37.3 Å². The molecule has 2 rings (SSSR count). The van der Waals surface area contributed by atoms with Crippen LogP contribution < -0.4 is 10.1 Å². The summed E-state index contributed by atoms with van der Waals surface area (Å²) in [4.78, 5) is 13.1. The normalized spacial score (nSPS) is 10.2. The van der Waals surface area contributed by atoms with Crippen molar-refractivity contribution < 1.29 is 9.53 Å². The molecule has 2 aromatic rings. The van der Waals surface area contributed by atoms with E-state index in [1.54, 1.807) is 23.1 Å². The number of carbonyl (C=O) groups excluding carboxylic acids is 1. The molecule has 0 aliphatic heterocycles. The molecule has 1 amide bonds. The molecule has 0 spiro atoms. The number of hydrogen-bond donors (Lipinski definition) is 1. The van der Waals surface area contributed by atoms with Crippen molar-refractivity contribution in [2.75, 3.05) is 17.7 Å². The largest absolute Gasteiger partial charge is 0.494 e. The lowest BCUT2D eigenvalue weighted by Crippen LogP contribution is -2.14. The van der Waals surface area contributed by atoms with Crippen LogP contribution in [0.25, 0.3) is 0 Å². The molecule has 3 nitrogen and oxygen atoms in total. The number of benzene rings is 1. The summed E-state index contributed by atoms with van der Waals surface area (Å²) >= 11 is 3.34. The van der Waals surface area contributed by atoms with E-state index >= 15 is 0 Å². The molecule has 0 aliphatic carbocycles. The van der Waals surface area contributed by atoms with Gasteiger partial charge in [-0.1, -0.05) is 6.07 Å². The molecule has 1 N–H and O–H groups in total. The number of thioether (sulfide) groups is 1. The molecule has 20 heavy (non-hydrogen) atoms. The Labute approximate surface area is 127 Å². The van der Waals surface area contributed by atoms with Gasteiger partial charge in [-0.25, -0.2) is 0 Å². The topological polar surface area (TPSA) is 38.3 Å². The van der Waals surface area contributed by atoms with Crippen molar-refractivity contribution in [3.63, 3.8) is 0 Å². The fourth-order valence-electron chi connectivity index (χ4n) is 1.64. The number of thiophene rings is 1. The van der Waals surface area contributed by atoms with E-state index in [-0.39, 0.29) is 5.91 Å². The highest BCUT2D eigenvalue weighted by atomic mass is 32.2. The Hall–Kier alpha value is -1.46. The molecule has 0 saturated heterocycles. The number of anilines is 1. The summed E-state index contributed by atoms with van der Waals surface area (Å²) in [6.45, 7) is 2.59. The van der Waals surface area contributed by atoms with Crippen molar-refractivity contribution in [3.05, 3.63) is 46.7 Å². The van der Waals surface area contributed by atoms with Crippen LogP contribution in [-0.2, 0) is 10.5 Å². The summed E-state index contributed by atoms with van der Waals surface area (Å²) in [5, 5.41) is 4.93. The van der Waals surface area contributed by atoms with Gasteiger partial charge in [0.1, 0.15) is 5.75 Å². The van der Waals surface area contributed by atoms with Gasteiger partial charge in [-0.05, 0) is 42.6 Å². The van der Waals surface area contributed by atoms with E-state index in [0.29, 0.717) is 12.4 Å². The van der Waals surface area contributed by atoms with Crippen LogP contribution in [0.15, 0.2) is 41.8 Å². The van der Waals surface area contributed by atoms with Gasteiger partial charge in [0.05, 0.1) is 12.4 Å². The van der Waals surface area contributed by atoms with Crippen molar-refractivity contribution in [2.45, 2.75) is 12.7 Å². The first-order valence-corrected chi connectivity index (χ1v) is 8.44. The molecule has 0 fully saturated rings. The first-order valence-electron chi connectivity index (χ1n) is 6.41. The second-order valence-electron chi connectivity index (χ2n) is 4.08. The highest BCUT2D eigenvalue weighted by molar-refractivity contribution is 7.99. The van der Waals surface area contributed by atoms with E-state index in [0.717, 1.165) is 17.2 Å². The van der Waals surface area contributed by atoms with Crippen LogP contribution >= 0.6 is 23.1 Å². The maximum Gasteiger partial charge on any atom is 0.234 e. The zero-order valence-corrected chi connectivity index (χ0v) is 12.9. The van der Waals surface area contributed by atoms with Crippen molar-refractivity contribution in [1.29, 1.82) is 0 Å². The molecule has 0 radical (unpaired) electrons. The van der Waals surface area contributed by atoms with Gasteiger partial charge < -0.3 is 10.1 Å². The summed E-state index contributed by atoms with van der Waals surface area (Å²) in [5.74, 6) is 2.19. The molecule has 5 heteroatoms. The highest BCUT2D eigenvalue weighted by Gasteiger charge is 2.03. The van der Waals surface area contributed by atoms with Gasteiger partial charge in [0.15, 0.2) is 0 Å². The maximum atomic E-state index is 11.8. The minimum atomic E-state index is 0.0238. The van der Waals surface area contributed by atoms with Gasteiger partial charge >= 0.3 is 0 Å². The van der Waals surface area contributed by atoms with Gasteiger partial charge in [0, 0.05) is 16.3 Å². The quantitative estimate of drug-likeness (QED) is 0.839. The van der Waals surface area contributed by atoms with Crippen molar-refractivity contribution in [2.24, 2.45) is 0 Å². The average molecular weight is 307 g/mol. The zero-order chi connectivity index (χ0) is 14.2. The lowest BCUT2D eigenvalue weighted by molar-refractivity contribution is -0.113. The van der Waals surface area contributed by atoms with E-state index in [2.05, 4.69) is 16.8 Å². The van der Waals surface area contributed by atoms with Crippen molar-refractivity contribution in [3.8, 4) is 5.75 Å². The Kier molecular flexibility index (Phi) is 5.95. The lowest BCUT2D eigenvalue weighted by atomic mass is 10.3. The number of rotatable bonds is 7. The second-order valence-corrected chi connectivity index (χ2v) is 6.10. The van der Waals surface area contributed by atoms with E-state index in [9.17, 15) is 4.79 Å². The van der Waals surface area contributed by atoms with Gasteiger partial charge in [0.2, 0.25) is 5.91 Å². The summed E-state index contributed by atoms with van der Waals surface area (Å²) in [7, 11) is 0. The molecule has 1 aromatic heterocycles. The fourth-order valence-corrected chi connectivity index (χ4v) is 3.31. The molecule has 1 aromatic carbocycles. The molecule has 0 aliphatic rings. The third kappa shape index (κ3) is 4.90. The molecular formula is C15H17NO2S2. The zero-order valence-electron chi connectivity index (χ0n) is 11.3. The van der Waals surface area contributed by atoms with Crippen molar-refractivity contribution in [1.82, 2.24) is 0 Å². The van der Waals surface area contributed by atoms with Gasteiger partial charge in [-0.15, -0.1) is 23.1 Å². The number of hydrogen-bond acceptors (Lipinski definition) is 4. The summed E-state index contributed by atoms with van der Waals surface area (Å²) < 4.78 is 5.36. The Morgan fingerprint density at radius 2 is 2.10 bits per heavy atom. The Balaban J connectivity index is 1.73. The molecular weight excluding hydrogens is 290 g/mol. The number of ether oxygens (including phenoxy) is 1. The Morgan fingerprint density at radius 1 is 1.30 bits per heavy atom. The molecule has 1 heterocycles. The number of amides is 1. The van der Waals surface area contributed by atoms with Crippen molar-refractivity contribution >= 4 is 34.7 Å². The van der Waals surface area contributed by atoms with Crippen LogP contribution in [0.5, 0.6) is 5.75 Å². The number of nitrogens with one attached hydrogen (secondary N) is 1. The monoisotopic (exact) mass is 307 g/mol. The van der Waals surface area contributed by atoms with Crippen LogP contribution in [0.3, 0.4) is 0 Å². The molecule has 0 unspecified atom stereocenters. The predicted molar refractivity (Wildman–Crippen MR) is 86.7 cm³/mol. The van der Waals surface area contributed by atoms with Crippen LogP contribution in [0.1, 0.15) is 11.8 Å². The van der Waals surface area contributed by atoms with Gasteiger partial charge in [0.25, 0.3) is 0 Å². The molecule has 0 saturated carbocycles. The molecule has 106 valence electrons. The van der Waals surface area contributed by atoms with E-state index in [4.69, 9.17) is 4.74 Å². The van der Waals surface area contributed by atoms with Crippen LogP contribution in [-0.4, -0.2) is 18.3 Å². The third-order valence-electron chi connectivity index (χ3n) is 2.51. The first-order chi connectivity index (χ1) is 9.78. The standard InChI is InChI=1S/C15H17NO2S2/c1-2-18-13-7-5-12(6-8-13)16-15(17)11-19-10-14-4-3-9-20-14/h3-9H,2,10-11H2,1H3,(H,16,17). The summed E-state index contributed by atoms with van der Waals surface area (Å²) in [6, 6.07) is 11.5. The minimum Gasteiger partial charge on any atom is -0.494 e. The van der Waals surface area contributed by atoms with Gasteiger partial charge in [-0.3, -0.25) is 4.79 Å². The SMILES string of the molecule is CCOc1ccc(NC(=O)CSCc2cccs2)cc1. The van der Waals surface area contributed by atoms with Gasteiger partial charge in [-0.2, -0.15) is 0 Å². The Bertz CT molecular complexity index is 523. The van der Waals surface area contributed by atoms with Crippen LogP contribution in [0.4, 0.5) is 5.69 Å². The highest BCUT2D eigenvalue weighted by Crippen LogP contribution is 2.18. The second kappa shape index (κ2) is 7.97. The van der Waals surface area contributed by atoms with Crippen LogP contribution in [0, 0.1) is 0 Å². The third-order valence-corrected chi connectivity index (χ3v) is 4.55. The number of carbonyl (C=O) groups is 1. The van der Waals surface area contributed by atoms with E-state index < -0.39 is 0 Å². The van der Waals surface area contributed by atoms with E-state index in [1.165, 1.54) is 4.88 Å². The first kappa shape index (κ1) is 14.9. The molecule has 0 bridgehead atoms. The summed E-state index contributed by atoms with van der Waals surface area (Å²) in [6.07, 6.45) is 0. The van der Waals surface area contributed by atoms with Crippen LogP contribution in [0.2, 0.25) is 0 Å². The maximum absolute atomic E-state index is 11.8. The minimum absolute atomic E-state index is 0.0238. The summed E-state index contributed by atoms with van der Waals surface area (Å²) in [5.41, 5.74) is 0.801. The smallest absolute Gasteiger partial charge is 0.234 e.